The largest absolute Gasteiger partial charge is 0.241 e. The number of sulfonamides is 1. The summed E-state index contributed by atoms with van der Waals surface area (Å²) in [5.41, 5.74) is 2.14. The highest BCUT2D eigenvalue weighted by molar-refractivity contribution is 7.89. The monoisotopic (exact) mass is 381 g/mol. The van der Waals surface area contributed by atoms with Gasteiger partial charge in [-0.05, 0) is 59.9 Å². The molecule has 3 rings (SSSR count). The summed E-state index contributed by atoms with van der Waals surface area (Å²) in [7, 11) is -3.55. The van der Waals surface area contributed by atoms with Crippen molar-refractivity contribution in [2.75, 3.05) is 0 Å². The molecule has 0 spiro atoms. The minimum Gasteiger partial charge on any atom is -0.207 e. The van der Waals surface area contributed by atoms with Crippen LogP contribution in [0.4, 0.5) is 0 Å². The Bertz CT molecular complexity index is 994. The number of nitrogens with one attached hydrogen (secondary N) is 1. The summed E-state index contributed by atoms with van der Waals surface area (Å²) in [5, 5.41) is 2.26. The second-order valence-electron chi connectivity index (χ2n) is 7.05. The molecule has 27 heavy (non-hydrogen) atoms. The van der Waals surface area contributed by atoms with Gasteiger partial charge in [0.2, 0.25) is 10.0 Å². The summed E-state index contributed by atoms with van der Waals surface area (Å²) in [6.07, 6.45) is 4.52. The van der Waals surface area contributed by atoms with Crippen LogP contribution in [0, 0.1) is 0 Å². The number of hydrogen-bond acceptors (Lipinski definition) is 2. The predicted octanol–water partition coefficient (Wildman–Crippen LogP) is 5.61. The molecule has 1 N–H and O–H groups in total. The van der Waals surface area contributed by atoms with Crippen LogP contribution in [0.25, 0.3) is 10.8 Å². The average Bonchev–Trinajstić information content (AvgIpc) is 2.68. The highest BCUT2D eigenvalue weighted by atomic mass is 32.2. The highest BCUT2D eigenvalue weighted by Gasteiger charge is 2.18. The van der Waals surface area contributed by atoms with Gasteiger partial charge in [-0.2, -0.15) is 0 Å². The van der Waals surface area contributed by atoms with Gasteiger partial charge in [-0.1, -0.05) is 68.3 Å². The molecule has 3 aromatic carbocycles. The SMILES string of the molecule is CCCCCc1ccc(S(=O)(=O)NC(C)c2ccc3ccccc3c2)cc1. The highest BCUT2D eigenvalue weighted by Crippen LogP contribution is 2.22. The maximum absolute atomic E-state index is 12.7. The fourth-order valence-electron chi connectivity index (χ4n) is 3.26. The molecule has 0 fully saturated rings. The van der Waals surface area contributed by atoms with E-state index in [9.17, 15) is 8.42 Å². The third-order valence-electron chi connectivity index (χ3n) is 4.91. The second-order valence-corrected chi connectivity index (χ2v) is 8.76. The number of fused-ring (bicyclic) bond motifs is 1. The van der Waals surface area contributed by atoms with Crippen LogP contribution in [-0.4, -0.2) is 8.42 Å². The van der Waals surface area contributed by atoms with Gasteiger partial charge in [0.1, 0.15) is 0 Å². The van der Waals surface area contributed by atoms with Crippen molar-refractivity contribution in [1.29, 1.82) is 0 Å². The number of aryl methyl sites for hydroxylation is 1. The van der Waals surface area contributed by atoms with Crippen LogP contribution in [0.15, 0.2) is 71.6 Å². The zero-order chi connectivity index (χ0) is 19.3. The fourth-order valence-corrected chi connectivity index (χ4v) is 4.49. The van der Waals surface area contributed by atoms with Crippen molar-refractivity contribution in [3.63, 3.8) is 0 Å². The zero-order valence-electron chi connectivity index (χ0n) is 16.0. The summed E-state index contributed by atoms with van der Waals surface area (Å²) >= 11 is 0. The molecule has 4 heteroatoms. The Morgan fingerprint density at radius 3 is 2.30 bits per heavy atom. The molecule has 3 nitrogen and oxygen atoms in total. The molecule has 0 amide bonds. The molecule has 3 aromatic rings. The molecule has 1 atom stereocenters. The molecule has 0 radical (unpaired) electrons. The lowest BCUT2D eigenvalue weighted by Crippen LogP contribution is -2.26. The summed E-state index contributed by atoms with van der Waals surface area (Å²) in [5.74, 6) is 0. The predicted molar refractivity (Wildman–Crippen MR) is 112 cm³/mol. The molecule has 142 valence electrons. The third-order valence-corrected chi connectivity index (χ3v) is 6.46. The van der Waals surface area contributed by atoms with E-state index in [1.165, 1.54) is 18.4 Å². The van der Waals surface area contributed by atoms with E-state index in [0.29, 0.717) is 4.90 Å². The molecule has 0 saturated heterocycles. The van der Waals surface area contributed by atoms with Gasteiger partial charge < -0.3 is 0 Å². The molecule has 0 aliphatic carbocycles. The van der Waals surface area contributed by atoms with E-state index in [1.807, 2.05) is 55.5 Å². The Morgan fingerprint density at radius 2 is 1.59 bits per heavy atom. The van der Waals surface area contributed by atoms with Gasteiger partial charge in [0, 0.05) is 6.04 Å². The van der Waals surface area contributed by atoms with Crippen molar-refractivity contribution >= 4 is 20.8 Å². The van der Waals surface area contributed by atoms with Crippen LogP contribution >= 0.6 is 0 Å². The molecule has 0 aliphatic rings. The van der Waals surface area contributed by atoms with Crippen molar-refractivity contribution in [1.82, 2.24) is 4.72 Å². The van der Waals surface area contributed by atoms with E-state index in [1.54, 1.807) is 12.1 Å². The first-order valence-electron chi connectivity index (χ1n) is 9.59. The quantitative estimate of drug-likeness (QED) is 0.515. The van der Waals surface area contributed by atoms with Crippen molar-refractivity contribution in [2.24, 2.45) is 0 Å². The van der Waals surface area contributed by atoms with Crippen molar-refractivity contribution in [3.8, 4) is 0 Å². The summed E-state index contributed by atoms with van der Waals surface area (Å²) in [4.78, 5) is 0.314. The molecule has 0 aromatic heterocycles. The molecule has 0 aliphatic heterocycles. The fraction of sp³-hybridized carbons (Fsp3) is 0.304. The summed E-state index contributed by atoms with van der Waals surface area (Å²) in [6.45, 7) is 4.05. The van der Waals surface area contributed by atoms with E-state index in [4.69, 9.17) is 0 Å². The first kappa shape index (κ1) is 19.6. The first-order chi connectivity index (χ1) is 13.0. The number of benzene rings is 3. The van der Waals surface area contributed by atoms with Crippen molar-refractivity contribution < 1.29 is 8.42 Å². The standard InChI is InChI=1S/C23H27NO2S/c1-3-4-5-8-19-11-15-23(16-12-19)27(25,26)24-18(2)21-14-13-20-9-6-7-10-22(20)17-21/h6-7,9-18,24H,3-5,8H2,1-2H3. The Labute approximate surface area is 162 Å². The zero-order valence-corrected chi connectivity index (χ0v) is 16.8. The van der Waals surface area contributed by atoms with E-state index < -0.39 is 10.0 Å². The van der Waals surface area contributed by atoms with E-state index in [0.717, 1.165) is 29.2 Å². The van der Waals surface area contributed by atoms with E-state index in [-0.39, 0.29) is 6.04 Å². The first-order valence-corrected chi connectivity index (χ1v) is 11.1. The van der Waals surface area contributed by atoms with Crippen LogP contribution < -0.4 is 4.72 Å². The van der Waals surface area contributed by atoms with Gasteiger partial charge in [-0.25, -0.2) is 13.1 Å². The normalized spacial score (nSPS) is 13.0. The van der Waals surface area contributed by atoms with Crippen LogP contribution in [-0.2, 0) is 16.4 Å². The summed E-state index contributed by atoms with van der Waals surface area (Å²) in [6, 6.07) is 21.1. The van der Waals surface area contributed by atoms with Crippen LogP contribution in [0.3, 0.4) is 0 Å². The topological polar surface area (TPSA) is 46.2 Å². The average molecular weight is 382 g/mol. The Kier molecular flexibility index (Phi) is 6.30. The number of hydrogen-bond donors (Lipinski definition) is 1. The maximum atomic E-state index is 12.7. The van der Waals surface area contributed by atoms with E-state index >= 15 is 0 Å². The molecule has 0 heterocycles. The molecule has 0 saturated carbocycles. The van der Waals surface area contributed by atoms with Gasteiger partial charge in [-0.3, -0.25) is 0 Å². The van der Waals surface area contributed by atoms with Crippen LogP contribution in [0.1, 0.15) is 50.3 Å². The molecule has 1 unspecified atom stereocenters. The van der Waals surface area contributed by atoms with Crippen LogP contribution in [0.2, 0.25) is 0 Å². The Hall–Kier alpha value is -2.17. The minimum atomic E-state index is -3.55. The third kappa shape index (κ3) is 4.96. The lowest BCUT2D eigenvalue weighted by Gasteiger charge is -2.16. The molecular formula is C23H27NO2S. The summed E-state index contributed by atoms with van der Waals surface area (Å²) < 4.78 is 28.3. The Balaban J connectivity index is 1.72. The smallest absolute Gasteiger partial charge is 0.207 e. The molecule has 0 bridgehead atoms. The van der Waals surface area contributed by atoms with Crippen molar-refractivity contribution in [3.05, 3.63) is 77.9 Å². The number of unbranched alkanes of at least 4 members (excludes halogenated alkanes) is 2. The van der Waals surface area contributed by atoms with Gasteiger partial charge in [0.05, 0.1) is 4.90 Å². The van der Waals surface area contributed by atoms with Gasteiger partial charge in [-0.15, -0.1) is 0 Å². The minimum absolute atomic E-state index is 0.302. The van der Waals surface area contributed by atoms with Gasteiger partial charge in [0.15, 0.2) is 0 Å². The van der Waals surface area contributed by atoms with E-state index in [2.05, 4.69) is 17.7 Å². The van der Waals surface area contributed by atoms with Gasteiger partial charge >= 0.3 is 0 Å². The second kappa shape index (κ2) is 8.68. The van der Waals surface area contributed by atoms with Crippen molar-refractivity contribution in [2.45, 2.75) is 50.5 Å². The lowest BCUT2D eigenvalue weighted by molar-refractivity contribution is 0.567. The van der Waals surface area contributed by atoms with Gasteiger partial charge in [0.25, 0.3) is 0 Å². The Morgan fingerprint density at radius 1 is 0.889 bits per heavy atom. The lowest BCUT2D eigenvalue weighted by atomic mass is 10.0. The molecular weight excluding hydrogens is 354 g/mol. The number of rotatable bonds is 8. The maximum Gasteiger partial charge on any atom is 0.241 e. The van der Waals surface area contributed by atoms with Crippen LogP contribution in [0.5, 0.6) is 0 Å².